The minimum atomic E-state index is -4.73. The lowest BCUT2D eigenvalue weighted by Gasteiger charge is -2.35. The lowest BCUT2D eigenvalue weighted by molar-refractivity contribution is -0.274. The molecule has 2 aromatic rings. The van der Waals surface area contributed by atoms with Crippen LogP contribution in [0.3, 0.4) is 0 Å². The quantitative estimate of drug-likeness (QED) is 0.632. The second-order valence-corrected chi connectivity index (χ2v) is 6.39. The summed E-state index contributed by atoms with van der Waals surface area (Å²) in [6.07, 6.45) is -4.73. The van der Waals surface area contributed by atoms with Crippen molar-refractivity contribution in [3.05, 3.63) is 64.4 Å². The van der Waals surface area contributed by atoms with E-state index >= 15 is 0 Å². The number of hydrogen-bond acceptors (Lipinski definition) is 3. The number of nitrogens with zero attached hydrogens (tertiary/aromatic N) is 1. The fourth-order valence-electron chi connectivity index (χ4n) is 3.09. The van der Waals surface area contributed by atoms with Gasteiger partial charge in [0, 0.05) is 26.2 Å². The van der Waals surface area contributed by atoms with Gasteiger partial charge in [0.2, 0.25) is 0 Å². The number of nitrogens with one attached hydrogen (secondary N) is 1. The topological polar surface area (TPSA) is 24.5 Å². The number of halogens is 7. The van der Waals surface area contributed by atoms with Crippen molar-refractivity contribution >= 4 is 36.4 Å². The number of piperazine rings is 1. The molecule has 0 amide bonds. The molecule has 1 heterocycles. The highest BCUT2D eigenvalue weighted by atomic mass is 35.5. The minimum absolute atomic E-state index is 0. The first-order valence-corrected chi connectivity index (χ1v) is 8.47. The number of benzene rings is 2. The zero-order valence-electron chi connectivity index (χ0n) is 14.5. The van der Waals surface area contributed by atoms with Gasteiger partial charge in [-0.1, -0.05) is 29.8 Å². The average molecular weight is 462 g/mol. The van der Waals surface area contributed by atoms with Gasteiger partial charge >= 0.3 is 6.36 Å². The van der Waals surface area contributed by atoms with E-state index in [1.54, 1.807) is 24.3 Å². The molecule has 0 unspecified atom stereocenters. The summed E-state index contributed by atoms with van der Waals surface area (Å²) >= 11 is 5.93. The standard InChI is InChI=1S/C18H17ClF4N2O.2ClH/c19-15-11-13(3-6-16(15)20)17(25-9-7-24-8-10-25)12-1-4-14(5-2-12)26-18(21,22)23;;/h1-6,11,17,24H,7-10H2;2*1H/t17-;;/m1../s1. The highest BCUT2D eigenvalue weighted by molar-refractivity contribution is 6.30. The van der Waals surface area contributed by atoms with Crippen molar-refractivity contribution in [2.45, 2.75) is 12.4 Å². The Morgan fingerprint density at radius 1 is 0.964 bits per heavy atom. The van der Waals surface area contributed by atoms with Gasteiger partial charge in [0.25, 0.3) is 0 Å². The van der Waals surface area contributed by atoms with Crippen LogP contribution in [0.2, 0.25) is 5.02 Å². The van der Waals surface area contributed by atoms with Crippen molar-refractivity contribution in [3.63, 3.8) is 0 Å². The maximum absolute atomic E-state index is 13.5. The monoisotopic (exact) mass is 460 g/mol. The molecule has 0 aliphatic carbocycles. The van der Waals surface area contributed by atoms with Crippen LogP contribution in [0.5, 0.6) is 5.75 Å². The minimum Gasteiger partial charge on any atom is -0.406 e. The highest BCUT2D eigenvalue weighted by Gasteiger charge is 2.31. The highest BCUT2D eigenvalue weighted by Crippen LogP contribution is 2.33. The Labute approximate surface area is 177 Å². The second kappa shape index (κ2) is 10.5. The summed E-state index contributed by atoms with van der Waals surface area (Å²) in [7, 11) is 0. The van der Waals surface area contributed by atoms with E-state index in [2.05, 4.69) is 15.0 Å². The van der Waals surface area contributed by atoms with Crippen molar-refractivity contribution in [2.24, 2.45) is 0 Å². The predicted octanol–water partition coefficient (Wildman–Crippen LogP) is 5.22. The third kappa shape index (κ3) is 6.39. The number of alkyl halides is 3. The summed E-state index contributed by atoms with van der Waals surface area (Å²) in [6, 6.07) is 10.0. The molecular weight excluding hydrogens is 443 g/mol. The van der Waals surface area contributed by atoms with Gasteiger partial charge in [-0.15, -0.1) is 38.0 Å². The van der Waals surface area contributed by atoms with Gasteiger partial charge < -0.3 is 10.1 Å². The summed E-state index contributed by atoms with van der Waals surface area (Å²) in [4.78, 5) is 2.18. The molecule has 1 aliphatic rings. The molecule has 0 aromatic heterocycles. The molecule has 0 saturated carbocycles. The summed E-state index contributed by atoms with van der Waals surface area (Å²) < 4.78 is 54.5. The molecule has 0 spiro atoms. The maximum Gasteiger partial charge on any atom is 0.573 e. The third-order valence-corrected chi connectivity index (χ3v) is 4.50. The largest absolute Gasteiger partial charge is 0.573 e. The Kier molecular flexibility index (Phi) is 9.30. The van der Waals surface area contributed by atoms with Gasteiger partial charge in [-0.2, -0.15) is 0 Å². The zero-order chi connectivity index (χ0) is 18.7. The number of ether oxygens (including phenoxy) is 1. The predicted molar refractivity (Wildman–Crippen MR) is 105 cm³/mol. The average Bonchev–Trinajstić information content (AvgIpc) is 2.59. The van der Waals surface area contributed by atoms with E-state index in [-0.39, 0.29) is 41.6 Å². The molecule has 2 aromatic carbocycles. The Balaban J connectivity index is 0.00000196. The molecule has 28 heavy (non-hydrogen) atoms. The Bertz CT molecular complexity index is 753. The lowest BCUT2D eigenvalue weighted by atomic mass is 9.96. The normalized spacial score (nSPS) is 15.9. The van der Waals surface area contributed by atoms with Crippen LogP contribution in [-0.2, 0) is 0 Å². The van der Waals surface area contributed by atoms with Crippen molar-refractivity contribution in [1.82, 2.24) is 10.2 Å². The molecule has 1 saturated heterocycles. The van der Waals surface area contributed by atoms with Crippen LogP contribution >= 0.6 is 36.4 Å². The molecule has 3 rings (SSSR count). The first kappa shape index (κ1) is 24.8. The fourth-order valence-corrected chi connectivity index (χ4v) is 3.28. The molecule has 1 N–H and O–H groups in total. The summed E-state index contributed by atoms with van der Waals surface area (Å²) in [6.45, 7) is 3.09. The van der Waals surface area contributed by atoms with Crippen LogP contribution in [0, 0.1) is 5.82 Å². The number of rotatable bonds is 4. The van der Waals surface area contributed by atoms with Crippen molar-refractivity contribution in [3.8, 4) is 5.75 Å². The molecule has 1 atom stereocenters. The van der Waals surface area contributed by atoms with Gasteiger partial charge in [-0.05, 0) is 35.4 Å². The van der Waals surface area contributed by atoms with Crippen molar-refractivity contribution in [1.29, 1.82) is 0 Å². The van der Waals surface area contributed by atoms with Gasteiger partial charge in [0.05, 0.1) is 11.1 Å². The molecular formula is C18H19Cl3F4N2O. The van der Waals surface area contributed by atoms with Crippen LogP contribution in [0.15, 0.2) is 42.5 Å². The van der Waals surface area contributed by atoms with E-state index in [0.717, 1.165) is 37.3 Å². The van der Waals surface area contributed by atoms with Crippen LogP contribution in [0.25, 0.3) is 0 Å². The van der Waals surface area contributed by atoms with Gasteiger partial charge in [-0.25, -0.2) is 4.39 Å². The fraction of sp³-hybridized carbons (Fsp3) is 0.333. The first-order valence-electron chi connectivity index (χ1n) is 8.09. The smallest absolute Gasteiger partial charge is 0.406 e. The Hall–Kier alpha value is -1.25. The van der Waals surface area contributed by atoms with Gasteiger partial charge in [0.1, 0.15) is 11.6 Å². The van der Waals surface area contributed by atoms with E-state index in [4.69, 9.17) is 11.6 Å². The van der Waals surface area contributed by atoms with Crippen LogP contribution in [0.1, 0.15) is 17.2 Å². The van der Waals surface area contributed by atoms with E-state index in [9.17, 15) is 17.6 Å². The second-order valence-electron chi connectivity index (χ2n) is 5.98. The van der Waals surface area contributed by atoms with E-state index in [1.165, 1.54) is 18.2 Å². The molecule has 1 fully saturated rings. The van der Waals surface area contributed by atoms with E-state index < -0.39 is 12.2 Å². The van der Waals surface area contributed by atoms with Gasteiger partial charge in [-0.3, -0.25) is 4.90 Å². The van der Waals surface area contributed by atoms with Crippen molar-refractivity contribution < 1.29 is 22.3 Å². The third-order valence-electron chi connectivity index (χ3n) is 4.21. The summed E-state index contributed by atoms with van der Waals surface area (Å²) in [5, 5.41) is 3.27. The SMILES string of the molecule is Cl.Cl.Fc1ccc([C@@H](c2ccc(OC(F)(F)F)cc2)N2CCNCC2)cc1Cl. The van der Waals surface area contributed by atoms with Crippen LogP contribution in [-0.4, -0.2) is 37.4 Å². The van der Waals surface area contributed by atoms with Gasteiger partial charge in [0.15, 0.2) is 0 Å². The Morgan fingerprint density at radius 3 is 2.07 bits per heavy atom. The molecule has 3 nitrogen and oxygen atoms in total. The van der Waals surface area contributed by atoms with Crippen LogP contribution in [0.4, 0.5) is 17.6 Å². The molecule has 0 radical (unpaired) electrons. The lowest BCUT2D eigenvalue weighted by Crippen LogP contribution is -2.45. The maximum atomic E-state index is 13.5. The molecule has 10 heteroatoms. The summed E-state index contributed by atoms with van der Waals surface area (Å²) in [5.41, 5.74) is 1.56. The molecule has 1 aliphatic heterocycles. The zero-order valence-corrected chi connectivity index (χ0v) is 16.9. The Morgan fingerprint density at radius 2 is 1.54 bits per heavy atom. The van der Waals surface area contributed by atoms with Crippen LogP contribution < -0.4 is 10.1 Å². The number of hydrogen-bond donors (Lipinski definition) is 1. The molecule has 0 bridgehead atoms. The first-order chi connectivity index (χ1) is 12.3. The van der Waals surface area contributed by atoms with Crippen molar-refractivity contribution in [2.75, 3.05) is 26.2 Å². The van der Waals surface area contributed by atoms with E-state index in [1.807, 2.05) is 0 Å². The summed E-state index contributed by atoms with van der Waals surface area (Å²) in [5.74, 6) is -0.791. The van der Waals surface area contributed by atoms with E-state index in [0.29, 0.717) is 0 Å². The molecule has 156 valence electrons.